The van der Waals surface area contributed by atoms with Crippen LogP contribution in [0.1, 0.15) is 11.1 Å². The fourth-order valence-corrected chi connectivity index (χ4v) is 3.84. The predicted octanol–water partition coefficient (Wildman–Crippen LogP) is 5.59. The minimum atomic E-state index is -0.249. The third kappa shape index (κ3) is 6.20. The van der Waals surface area contributed by atoms with Gasteiger partial charge in [-0.25, -0.2) is 4.98 Å². The van der Waals surface area contributed by atoms with E-state index >= 15 is 0 Å². The first-order valence-electron chi connectivity index (χ1n) is 10.6. The number of hydrazone groups is 1. The molecule has 0 bridgehead atoms. The number of nitrogens with zero attached hydrogens (tertiary/aromatic N) is 2. The van der Waals surface area contributed by atoms with E-state index in [-0.39, 0.29) is 12.5 Å². The summed E-state index contributed by atoms with van der Waals surface area (Å²) in [6, 6.07) is 22.9. The van der Waals surface area contributed by atoms with Crippen LogP contribution >= 0.6 is 11.3 Å². The molecule has 7 nitrogen and oxygen atoms in total. The molecule has 0 aliphatic carbocycles. The van der Waals surface area contributed by atoms with E-state index in [2.05, 4.69) is 20.8 Å². The van der Waals surface area contributed by atoms with E-state index in [1.54, 1.807) is 25.5 Å². The van der Waals surface area contributed by atoms with Gasteiger partial charge >= 0.3 is 0 Å². The standard InChI is InChI=1S/C26H24N4O3S/c1-18-7-6-10-21(13-18)28-25(31)16-33-23-12-11-19(14-24(23)32-2)15-27-30-26-29-22(17-34-26)20-8-4-3-5-9-20/h3-15,17H,16H2,1-2H3,(H,28,31)(H,29,30). The van der Waals surface area contributed by atoms with Gasteiger partial charge in [-0.15, -0.1) is 11.3 Å². The maximum absolute atomic E-state index is 12.2. The van der Waals surface area contributed by atoms with Gasteiger partial charge < -0.3 is 14.8 Å². The average molecular weight is 473 g/mol. The number of carbonyl (C=O) groups excluding carboxylic acids is 1. The summed E-state index contributed by atoms with van der Waals surface area (Å²) < 4.78 is 11.1. The molecule has 4 aromatic rings. The van der Waals surface area contributed by atoms with Crippen molar-refractivity contribution in [1.29, 1.82) is 0 Å². The molecule has 1 aromatic heterocycles. The molecule has 1 amide bonds. The summed E-state index contributed by atoms with van der Waals surface area (Å²) in [7, 11) is 1.55. The van der Waals surface area contributed by atoms with E-state index in [1.807, 2.05) is 73.0 Å². The Labute approximate surface area is 202 Å². The number of rotatable bonds is 9. The van der Waals surface area contributed by atoms with Crippen LogP contribution in [0.2, 0.25) is 0 Å². The molecule has 34 heavy (non-hydrogen) atoms. The lowest BCUT2D eigenvalue weighted by atomic mass is 10.2. The second-order valence-electron chi connectivity index (χ2n) is 7.39. The molecule has 3 aromatic carbocycles. The van der Waals surface area contributed by atoms with Crippen LogP contribution in [0.15, 0.2) is 83.3 Å². The first kappa shape index (κ1) is 23.0. The van der Waals surface area contributed by atoms with Crippen molar-refractivity contribution in [2.75, 3.05) is 24.5 Å². The van der Waals surface area contributed by atoms with E-state index in [1.165, 1.54) is 11.3 Å². The topological polar surface area (TPSA) is 84.8 Å². The number of thiazole rings is 1. The third-order valence-corrected chi connectivity index (χ3v) is 5.54. The highest BCUT2D eigenvalue weighted by atomic mass is 32.1. The van der Waals surface area contributed by atoms with Crippen molar-refractivity contribution >= 4 is 34.3 Å². The lowest BCUT2D eigenvalue weighted by Gasteiger charge is -2.11. The van der Waals surface area contributed by atoms with Gasteiger partial charge in [0, 0.05) is 16.6 Å². The summed E-state index contributed by atoms with van der Waals surface area (Å²) >= 11 is 1.48. The van der Waals surface area contributed by atoms with Crippen LogP contribution in [0.4, 0.5) is 10.8 Å². The number of aryl methyl sites for hydroxylation is 1. The molecule has 0 fully saturated rings. The highest BCUT2D eigenvalue weighted by Gasteiger charge is 2.09. The predicted molar refractivity (Wildman–Crippen MR) is 137 cm³/mol. The lowest BCUT2D eigenvalue weighted by molar-refractivity contribution is -0.118. The Kier molecular flexibility index (Phi) is 7.52. The molecule has 172 valence electrons. The quantitative estimate of drug-likeness (QED) is 0.245. The number of hydrogen-bond acceptors (Lipinski definition) is 7. The molecule has 8 heteroatoms. The second kappa shape index (κ2) is 11.1. The minimum Gasteiger partial charge on any atom is -0.493 e. The van der Waals surface area contributed by atoms with E-state index in [0.29, 0.717) is 16.6 Å². The number of benzene rings is 3. The Morgan fingerprint density at radius 2 is 1.91 bits per heavy atom. The van der Waals surface area contributed by atoms with E-state index in [0.717, 1.165) is 28.1 Å². The molecule has 0 atom stereocenters. The van der Waals surface area contributed by atoms with Crippen molar-refractivity contribution < 1.29 is 14.3 Å². The van der Waals surface area contributed by atoms with Gasteiger partial charge in [0.25, 0.3) is 5.91 Å². The van der Waals surface area contributed by atoms with E-state index in [9.17, 15) is 4.79 Å². The number of hydrogen-bond donors (Lipinski definition) is 2. The molecule has 0 aliphatic heterocycles. The van der Waals surface area contributed by atoms with Crippen LogP contribution in [0.25, 0.3) is 11.3 Å². The highest BCUT2D eigenvalue weighted by molar-refractivity contribution is 7.14. The van der Waals surface area contributed by atoms with Crippen molar-refractivity contribution in [1.82, 2.24) is 4.98 Å². The number of nitrogens with one attached hydrogen (secondary N) is 2. The molecule has 0 unspecified atom stereocenters. The SMILES string of the molecule is COc1cc(C=NNc2nc(-c3ccccc3)cs2)ccc1OCC(=O)Nc1cccc(C)c1. The largest absolute Gasteiger partial charge is 0.493 e. The Balaban J connectivity index is 1.33. The normalized spacial score (nSPS) is 10.8. The van der Waals surface area contributed by atoms with Crippen LogP contribution in [0.5, 0.6) is 11.5 Å². The Morgan fingerprint density at radius 3 is 2.71 bits per heavy atom. The van der Waals surface area contributed by atoms with Crippen LogP contribution in [-0.4, -0.2) is 30.8 Å². The van der Waals surface area contributed by atoms with Gasteiger partial charge in [-0.3, -0.25) is 10.2 Å². The Hall–Kier alpha value is -4.17. The molecule has 0 spiro atoms. The number of aromatic nitrogens is 1. The van der Waals surface area contributed by atoms with Gasteiger partial charge in [0.1, 0.15) is 0 Å². The molecular weight excluding hydrogens is 448 g/mol. The number of amides is 1. The smallest absolute Gasteiger partial charge is 0.262 e. The van der Waals surface area contributed by atoms with Gasteiger partial charge in [-0.2, -0.15) is 5.10 Å². The van der Waals surface area contributed by atoms with Crippen molar-refractivity contribution in [2.24, 2.45) is 5.10 Å². The maximum Gasteiger partial charge on any atom is 0.262 e. The Morgan fingerprint density at radius 1 is 1.06 bits per heavy atom. The molecule has 0 aliphatic rings. The number of ether oxygens (including phenoxy) is 2. The van der Waals surface area contributed by atoms with Crippen LogP contribution < -0.4 is 20.2 Å². The number of anilines is 2. The van der Waals surface area contributed by atoms with Crippen molar-refractivity contribution in [3.63, 3.8) is 0 Å². The summed E-state index contributed by atoms with van der Waals surface area (Å²) in [6.45, 7) is 1.84. The zero-order valence-corrected chi connectivity index (χ0v) is 19.6. The number of carbonyl (C=O) groups is 1. The summed E-state index contributed by atoms with van der Waals surface area (Å²) in [5.74, 6) is 0.730. The van der Waals surface area contributed by atoms with Gasteiger partial charge in [0.15, 0.2) is 18.1 Å². The van der Waals surface area contributed by atoms with Gasteiger partial charge in [-0.1, -0.05) is 42.5 Å². The molecular formula is C26H24N4O3S. The van der Waals surface area contributed by atoms with Gasteiger partial charge in [-0.05, 0) is 48.4 Å². The van der Waals surface area contributed by atoms with E-state index < -0.39 is 0 Å². The summed E-state index contributed by atoms with van der Waals surface area (Å²) in [6.07, 6.45) is 1.67. The monoisotopic (exact) mass is 472 g/mol. The van der Waals surface area contributed by atoms with E-state index in [4.69, 9.17) is 9.47 Å². The summed E-state index contributed by atoms with van der Waals surface area (Å²) in [5, 5.41) is 9.76. The summed E-state index contributed by atoms with van der Waals surface area (Å²) in [5.41, 5.74) is 7.52. The molecule has 0 saturated heterocycles. The Bertz CT molecular complexity index is 1290. The average Bonchev–Trinajstić information content (AvgIpc) is 3.32. The molecule has 1 heterocycles. The van der Waals surface area contributed by atoms with Crippen molar-refractivity contribution in [2.45, 2.75) is 6.92 Å². The van der Waals surface area contributed by atoms with Crippen molar-refractivity contribution in [3.8, 4) is 22.8 Å². The minimum absolute atomic E-state index is 0.132. The van der Waals surface area contributed by atoms with Gasteiger partial charge in [0.2, 0.25) is 5.13 Å². The van der Waals surface area contributed by atoms with Crippen LogP contribution in [0, 0.1) is 6.92 Å². The maximum atomic E-state index is 12.2. The number of methoxy groups -OCH3 is 1. The fraction of sp³-hybridized carbons (Fsp3) is 0.115. The molecule has 2 N–H and O–H groups in total. The summed E-state index contributed by atoms with van der Waals surface area (Å²) in [4.78, 5) is 16.8. The van der Waals surface area contributed by atoms with Crippen LogP contribution in [-0.2, 0) is 4.79 Å². The van der Waals surface area contributed by atoms with Crippen molar-refractivity contribution in [3.05, 3.63) is 89.3 Å². The highest BCUT2D eigenvalue weighted by Crippen LogP contribution is 2.28. The second-order valence-corrected chi connectivity index (χ2v) is 8.25. The first-order valence-corrected chi connectivity index (χ1v) is 11.5. The van der Waals surface area contributed by atoms with Crippen LogP contribution in [0.3, 0.4) is 0 Å². The first-order chi connectivity index (χ1) is 16.6. The molecule has 0 saturated carbocycles. The zero-order chi connectivity index (χ0) is 23.8. The zero-order valence-electron chi connectivity index (χ0n) is 18.8. The van der Waals surface area contributed by atoms with Gasteiger partial charge in [0.05, 0.1) is 19.0 Å². The molecule has 4 rings (SSSR count). The molecule has 0 radical (unpaired) electrons. The lowest BCUT2D eigenvalue weighted by Crippen LogP contribution is -2.20. The third-order valence-electron chi connectivity index (χ3n) is 4.80. The fourth-order valence-electron chi connectivity index (χ4n) is 3.18.